The number of aromatic nitrogens is 4. The van der Waals surface area contributed by atoms with Crippen molar-refractivity contribution in [1.82, 2.24) is 24.0 Å². The van der Waals surface area contributed by atoms with E-state index in [1.807, 2.05) is 17.5 Å². The quantitative estimate of drug-likeness (QED) is 0.413. The molecule has 11 heteroatoms. The van der Waals surface area contributed by atoms with Crippen molar-refractivity contribution in [3.05, 3.63) is 49.6 Å². The monoisotopic (exact) mass is 433 g/mol. The predicted octanol–water partition coefficient (Wildman–Crippen LogP) is 0.696. The van der Waals surface area contributed by atoms with Crippen molar-refractivity contribution in [2.45, 2.75) is 32.4 Å². The topological polar surface area (TPSA) is 117 Å². The number of esters is 1. The van der Waals surface area contributed by atoms with E-state index in [9.17, 15) is 19.2 Å². The molecule has 0 aliphatic rings. The molecule has 1 atom stereocenters. The smallest absolute Gasteiger partial charge is 0.332 e. The molecule has 3 rings (SSSR count). The molecule has 3 aromatic heterocycles. The number of nitrogens with zero attached hydrogens (tertiary/aromatic N) is 4. The maximum atomic E-state index is 12.6. The van der Waals surface area contributed by atoms with Crippen LogP contribution in [0.3, 0.4) is 0 Å². The lowest BCUT2D eigenvalue weighted by atomic mass is 10.1. The minimum Gasteiger partial charge on any atom is -0.466 e. The fourth-order valence-corrected chi connectivity index (χ4v) is 3.96. The van der Waals surface area contributed by atoms with Gasteiger partial charge in [-0.3, -0.25) is 23.5 Å². The van der Waals surface area contributed by atoms with E-state index in [-0.39, 0.29) is 25.5 Å². The molecule has 0 fully saturated rings. The Balaban J connectivity index is 1.60. The number of hydrogen-bond donors (Lipinski definition) is 1. The molecule has 1 unspecified atom stereocenters. The number of amides is 1. The number of aryl methyl sites for hydroxylation is 2. The molecular weight excluding hydrogens is 410 g/mol. The van der Waals surface area contributed by atoms with Gasteiger partial charge in [0.2, 0.25) is 5.91 Å². The van der Waals surface area contributed by atoms with E-state index in [1.54, 1.807) is 18.7 Å². The number of ether oxygens (including phenoxy) is 1. The number of imidazole rings is 1. The van der Waals surface area contributed by atoms with Crippen LogP contribution in [0.1, 0.15) is 30.7 Å². The Morgan fingerprint density at radius 3 is 2.73 bits per heavy atom. The minimum absolute atomic E-state index is 0.00276. The van der Waals surface area contributed by atoms with Crippen LogP contribution in [0.4, 0.5) is 0 Å². The lowest BCUT2D eigenvalue weighted by Crippen LogP contribution is -2.39. The van der Waals surface area contributed by atoms with E-state index in [1.165, 1.54) is 29.2 Å². The molecule has 0 saturated carbocycles. The lowest BCUT2D eigenvalue weighted by Gasteiger charge is -2.16. The Labute approximate surface area is 175 Å². The first-order valence-electron chi connectivity index (χ1n) is 9.36. The molecule has 160 valence electrons. The van der Waals surface area contributed by atoms with Crippen LogP contribution in [0, 0.1) is 0 Å². The van der Waals surface area contributed by atoms with Crippen molar-refractivity contribution in [1.29, 1.82) is 0 Å². The van der Waals surface area contributed by atoms with E-state index < -0.39 is 23.3 Å². The van der Waals surface area contributed by atoms with Crippen molar-refractivity contribution in [2.75, 3.05) is 6.61 Å². The highest BCUT2D eigenvalue weighted by Gasteiger charge is 2.19. The van der Waals surface area contributed by atoms with Gasteiger partial charge >= 0.3 is 11.7 Å². The number of carbonyl (C=O) groups excluding carboxylic acids is 2. The van der Waals surface area contributed by atoms with E-state index in [2.05, 4.69) is 10.3 Å². The van der Waals surface area contributed by atoms with Gasteiger partial charge in [-0.25, -0.2) is 9.78 Å². The average molecular weight is 433 g/mol. The van der Waals surface area contributed by atoms with E-state index in [0.29, 0.717) is 17.6 Å². The van der Waals surface area contributed by atoms with Crippen LogP contribution in [-0.4, -0.2) is 37.2 Å². The Bertz CT molecular complexity index is 1170. The molecule has 0 spiro atoms. The van der Waals surface area contributed by atoms with Crippen molar-refractivity contribution in [3.63, 3.8) is 0 Å². The van der Waals surface area contributed by atoms with Gasteiger partial charge in [-0.05, 0) is 17.9 Å². The van der Waals surface area contributed by atoms with E-state index in [4.69, 9.17) is 4.74 Å². The maximum Gasteiger partial charge on any atom is 0.332 e. The number of hydrogen-bond acceptors (Lipinski definition) is 7. The first-order chi connectivity index (χ1) is 14.3. The number of nitrogens with one attached hydrogen (secondary N) is 1. The van der Waals surface area contributed by atoms with Crippen LogP contribution >= 0.6 is 11.3 Å². The van der Waals surface area contributed by atoms with Crippen molar-refractivity contribution < 1.29 is 14.3 Å². The second kappa shape index (κ2) is 9.08. The van der Waals surface area contributed by atoms with Crippen molar-refractivity contribution in [2.24, 2.45) is 14.1 Å². The van der Waals surface area contributed by atoms with Crippen molar-refractivity contribution in [3.8, 4) is 0 Å². The summed E-state index contributed by atoms with van der Waals surface area (Å²) in [6, 6.07) is 3.24. The minimum atomic E-state index is -0.471. The molecule has 3 heterocycles. The molecule has 3 aromatic rings. The maximum absolute atomic E-state index is 12.6. The molecule has 10 nitrogen and oxygen atoms in total. The molecule has 0 aromatic carbocycles. The van der Waals surface area contributed by atoms with Gasteiger partial charge in [-0.1, -0.05) is 6.07 Å². The summed E-state index contributed by atoms with van der Waals surface area (Å²) in [5.74, 6) is -0.702. The SMILES string of the molecule is CC(=O)NC(CC(=O)OCCCn1c(=O)c2c(ncn2C)n(C)c1=O)c1cccs1. The first-order valence-corrected chi connectivity index (χ1v) is 10.2. The third kappa shape index (κ3) is 4.51. The Morgan fingerprint density at radius 1 is 1.30 bits per heavy atom. The molecule has 1 amide bonds. The Kier molecular flexibility index (Phi) is 6.50. The van der Waals surface area contributed by atoms with Crippen LogP contribution in [0.15, 0.2) is 33.4 Å². The zero-order valence-electron chi connectivity index (χ0n) is 17.0. The number of thiophene rings is 1. The summed E-state index contributed by atoms with van der Waals surface area (Å²) < 4.78 is 9.26. The highest BCUT2D eigenvalue weighted by Crippen LogP contribution is 2.22. The molecule has 30 heavy (non-hydrogen) atoms. The standard InChI is InChI=1S/C19H23N5O5S/c1-12(25)21-13(14-6-4-9-30-14)10-15(26)29-8-5-7-24-18(27)16-17(20-11-22(16)2)23(3)19(24)28/h4,6,9,11,13H,5,7-8,10H2,1-3H3,(H,21,25). The summed E-state index contributed by atoms with van der Waals surface area (Å²) in [5, 5.41) is 4.61. The first kappa shape index (κ1) is 21.5. The third-order valence-corrected chi connectivity index (χ3v) is 5.61. The number of fused-ring (bicyclic) bond motifs is 1. The summed E-state index contributed by atoms with van der Waals surface area (Å²) >= 11 is 1.44. The summed E-state index contributed by atoms with van der Waals surface area (Å²) in [7, 11) is 3.24. The summed E-state index contributed by atoms with van der Waals surface area (Å²) in [6.45, 7) is 1.55. The van der Waals surface area contributed by atoms with Gasteiger partial charge in [-0.15, -0.1) is 11.3 Å². The Morgan fingerprint density at radius 2 is 2.07 bits per heavy atom. The van der Waals surface area contributed by atoms with Crippen LogP contribution in [0.25, 0.3) is 11.2 Å². The zero-order valence-corrected chi connectivity index (χ0v) is 17.8. The van der Waals surface area contributed by atoms with Gasteiger partial charge in [0.15, 0.2) is 11.2 Å². The van der Waals surface area contributed by atoms with E-state index >= 15 is 0 Å². The van der Waals surface area contributed by atoms with Gasteiger partial charge < -0.3 is 14.6 Å². The fraction of sp³-hybridized carbons (Fsp3) is 0.421. The normalized spacial score (nSPS) is 12.1. The van der Waals surface area contributed by atoms with Crippen LogP contribution < -0.4 is 16.6 Å². The summed E-state index contributed by atoms with van der Waals surface area (Å²) in [6.07, 6.45) is 1.79. The fourth-order valence-electron chi connectivity index (χ4n) is 3.19. The largest absolute Gasteiger partial charge is 0.466 e. The molecule has 0 aliphatic carbocycles. The highest BCUT2D eigenvalue weighted by atomic mass is 32.1. The second-order valence-corrected chi connectivity index (χ2v) is 7.85. The van der Waals surface area contributed by atoms with Crippen LogP contribution in [-0.2, 0) is 35.0 Å². The molecule has 0 saturated heterocycles. The van der Waals surface area contributed by atoms with E-state index in [0.717, 1.165) is 9.44 Å². The van der Waals surface area contributed by atoms with Crippen molar-refractivity contribution >= 4 is 34.4 Å². The molecule has 0 bridgehead atoms. The third-order valence-electron chi connectivity index (χ3n) is 4.63. The molecule has 1 N–H and O–H groups in total. The number of rotatable bonds is 8. The zero-order chi connectivity index (χ0) is 21.8. The molecule has 0 radical (unpaired) electrons. The van der Waals surface area contributed by atoms with Crippen LogP contribution in [0.2, 0.25) is 0 Å². The van der Waals surface area contributed by atoms with Gasteiger partial charge in [0.05, 0.1) is 25.4 Å². The lowest BCUT2D eigenvalue weighted by molar-refractivity contribution is -0.144. The average Bonchev–Trinajstić information content (AvgIpc) is 3.35. The van der Waals surface area contributed by atoms with Gasteiger partial charge in [0.1, 0.15) is 0 Å². The molecular formula is C19H23N5O5S. The predicted molar refractivity (Wildman–Crippen MR) is 111 cm³/mol. The molecule has 0 aliphatic heterocycles. The van der Waals surface area contributed by atoms with Gasteiger partial charge in [0, 0.05) is 32.4 Å². The number of carbonyl (C=O) groups is 2. The van der Waals surface area contributed by atoms with Gasteiger partial charge in [0.25, 0.3) is 5.56 Å². The Hall–Kier alpha value is -3.21. The summed E-state index contributed by atoms with van der Waals surface area (Å²) in [5.41, 5.74) is -0.236. The highest BCUT2D eigenvalue weighted by molar-refractivity contribution is 7.10. The second-order valence-electron chi connectivity index (χ2n) is 6.87. The van der Waals surface area contributed by atoms with Gasteiger partial charge in [-0.2, -0.15) is 0 Å². The summed E-state index contributed by atoms with van der Waals surface area (Å²) in [4.78, 5) is 53.6. The van der Waals surface area contributed by atoms with Crippen LogP contribution in [0.5, 0.6) is 0 Å².